The van der Waals surface area contributed by atoms with Gasteiger partial charge in [0.2, 0.25) is 10.0 Å². The van der Waals surface area contributed by atoms with Crippen LogP contribution in [0.5, 0.6) is 0 Å². The fourth-order valence-electron chi connectivity index (χ4n) is 4.54. The number of thiophene rings is 1. The van der Waals surface area contributed by atoms with E-state index in [1.165, 1.54) is 10.6 Å². The summed E-state index contributed by atoms with van der Waals surface area (Å²) in [5.41, 5.74) is 2.23. The number of fused-ring (bicyclic) bond motifs is 1. The number of morpholine rings is 1. The largest absolute Gasteiger partial charge is 0.378 e. The second-order valence-corrected chi connectivity index (χ2v) is 12.1. The second kappa shape index (κ2) is 10.4. The summed E-state index contributed by atoms with van der Waals surface area (Å²) >= 11 is 1.69. The Morgan fingerprint density at radius 2 is 1.83 bits per heavy atom. The summed E-state index contributed by atoms with van der Waals surface area (Å²) in [5, 5.41) is 2.66. The zero-order chi connectivity index (χ0) is 25.3. The maximum atomic E-state index is 12.2. The summed E-state index contributed by atoms with van der Waals surface area (Å²) in [6.45, 7) is 5.95. The molecule has 2 aromatic heterocycles. The molecule has 5 rings (SSSR count). The molecule has 0 atom stereocenters. The Hall–Kier alpha value is -2.64. The SMILES string of the molecule is CNC(=O)c1cccc(-c2nc(N3CCOCC3)c3sc(CN4CCN(S(C)(=O)=O)CC4)cc3n2)c1. The monoisotopic (exact) mass is 530 g/mol. The van der Waals surface area contributed by atoms with Gasteiger partial charge in [-0.05, 0) is 18.2 Å². The number of anilines is 1. The van der Waals surface area contributed by atoms with Gasteiger partial charge >= 0.3 is 0 Å². The highest BCUT2D eigenvalue weighted by molar-refractivity contribution is 7.88. The number of nitrogens with one attached hydrogen (secondary N) is 1. The van der Waals surface area contributed by atoms with Gasteiger partial charge in [-0.25, -0.2) is 18.4 Å². The summed E-state index contributed by atoms with van der Waals surface area (Å²) in [6.07, 6.45) is 1.27. The molecule has 0 radical (unpaired) electrons. The number of carbonyl (C=O) groups is 1. The van der Waals surface area contributed by atoms with Crippen molar-refractivity contribution >= 4 is 43.3 Å². The van der Waals surface area contributed by atoms with Crippen LogP contribution in [0.1, 0.15) is 15.2 Å². The van der Waals surface area contributed by atoms with Gasteiger partial charge in [0, 0.05) is 68.9 Å². The number of ether oxygens (including phenoxy) is 1. The molecule has 2 saturated heterocycles. The standard InChI is InChI=1S/C24H30N6O4S2/c1-25-24(31)18-5-3-4-17(14-18)22-26-20-15-19(16-28-6-8-30(9-7-28)36(2,32)33)35-21(20)23(27-22)29-10-12-34-13-11-29/h3-5,14-15H,6-13,16H2,1-2H3,(H,25,31). The molecule has 1 amide bonds. The molecule has 1 N–H and O–H groups in total. The lowest BCUT2D eigenvalue weighted by Crippen LogP contribution is -2.47. The van der Waals surface area contributed by atoms with E-state index in [4.69, 9.17) is 14.7 Å². The molecule has 10 nitrogen and oxygen atoms in total. The third kappa shape index (κ3) is 5.37. The first-order chi connectivity index (χ1) is 17.3. The summed E-state index contributed by atoms with van der Waals surface area (Å²) in [5.74, 6) is 1.32. The fourth-order valence-corrected chi connectivity index (χ4v) is 6.53. The molecule has 0 unspecified atom stereocenters. The van der Waals surface area contributed by atoms with Crippen molar-refractivity contribution in [3.8, 4) is 11.4 Å². The molecule has 192 valence electrons. The predicted molar refractivity (Wildman–Crippen MR) is 141 cm³/mol. The molecule has 3 aromatic rings. The van der Waals surface area contributed by atoms with Gasteiger partial charge in [-0.1, -0.05) is 12.1 Å². The normalized spacial score (nSPS) is 18.0. The highest BCUT2D eigenvalue weighted by Crippen LogP contribution is 2.35. The maximum absolute atomic E-state index is 12.2. The molecule has 0 aliphatic carbocycles. The molecule has 2 aliphatic rings. The average molecular weight is 531 g/mol. The van der Waals surface area contributed by atoms with Gasteiger partial charge in [0.15, 0.2) is 11.6 Å². The number of benzene rings is 1. The Morgan fingerprint density at radius 3 is 2.53 bits per heavy atom. The van der Waals surface area contributed by atoms with Crippen molar-refractivity contribution in [2.24, 2.45) is 0 Å². The molecule has 0 bridgehead atoms. The van der Waals surface area contributed by atoms with Crippen molar-refractivity contribution in [2.45, 2.75) is 6.54 Å². The molecular weight excluding hydrogens is 500 g/mol. The summed E-state index contributed by atoms with van der Waals surface area (Å²) < 4.78 is 31.8. The Bertz CT molecular complexity index is 1360. The van der Waals surface area contributed by atoms with Gasteiger partial charge in [-0.3, -0.25) is 9.69 Å². The van der Waals surface area contributed by atoms with E-state index in [1.807, 2.05) is 18.2 Å². The van der Waals surface area contributed by atoms with E-state index in [2.05, 4.69) is 21.2 Å². The minimum absolute atomic E-state index is 0.153. The van der Waals surface area contributed by atoms with E-state index >= 15 is 0 Å². The van der Waals surface area contributed by atoms with Gasteiger partial charge in [-0.2, -0.15) is 4.31 Å². The summed E-state index contributed by atoms with van der Waals surface area (Å²) in [7, 11) is -1.54. The third-order valence-electron chi connectivity index (χ3n) is 6.51. The number of carbonyl (C=O) groups excluding carboxylic acids is 1. The Kier molecular flexibility index (Phi) is 7.22. The molecule has 4 heterocycles. The van der Waals surface area contributed by atoms with Gasteiger partial charge in [0.1, 0.15) is 0 Å². The molecule has 2 aliphatic heterocycles. The van der Waals surface area contributed by atoms with Gasteiger partial charge in [0.05, 0.1) is 29.7 Å². The van der Waals surface area contributed by atoms with Crippen LogP contribution in [-0.4, -0.2) is 99.3 Å². The van der Waals surface area contributed by atoms with Crippen molar-refractivity contribution in [3.05, 3.63) is 40.8 Å². The predicted octanol–water partition coefficient (Wildman–Crippen LogP) is 1.63. The molecule has 36 heavy (non-hydrogen) atoms. The zero-order valence-electron chi connectivity index (χ0n) is 20.4. The smallest absolute Gasteiger partial charge is 0.251 e. The van der Waals surface area contributed by atoms with E-state index in [-0.39, 0.29) is 5.91 Å². The van der Waals surface area contributed by atoms with Gasteiger partial charge in [0.25, 0.3) is 5.91 Å². The van der Waals surface area contributed by atoms with Crippen LogP contribution in [0, 0.1) is 0 Å². The Balaban J connectivity index is 1.47. The number of sulfonamides is 1. The highest BCUT2D eigenvalue weighted by Gasteiger charge is 2.25. The van der Waals surface area contributed by atoms with Gasteiger partial charge < -0.3 is 15.0 Å². The van der Waals surface area contributed by atoms with Crippen molar-refractivity contribution in [2.75, 3.05) is 70.7 Å². The second-order valence-electron chi connectivity index (χ2n) is 9.00. The van der Waals surface area contributed by atoms with E-state index in [1.54, 1.807) is 24.5 Å². The van der Waals surface area contributed by atoms with E-state index < -0.39 is 10.0 Å². The Labute approximate surface area is 214 Å². The topological polar surface area (TPSA) is 108 Å². The molecule has 2 fully saturated rings. The van der Waals surface area contributed by atoms with Gasteiger partial charge in [-0.15, -0.1) is 11.3 Å². The lowest BCUT2D eigenvalue weighted by atomic mass is 10.1. The highest BCUT2D eigenvalue weighted by atomic mass is 32.2. The summed E-state index contributed by atoms with van der Waals surface area (Å²) in [4.78, 5) is 27.7. The number of piperazine rings is 1. The van der Waals surface area contributed by atoms with Crippen molar-refractivity contribution in [1.82, 2.24) is 24.5 Å². The molecular formula is C24H30N6O4S2. The van der Waals surface area contributed by atoms with Crippen molar-refractivity contribution < 1.29 is 17.9 Å². The van der Waals surface area contributed by atoms with Crippen LogP contribution in [0.15, 0.2) is 30.3 Å². The van der Waals surface area contributed by atoms with E-state index in [0.29, 0.717) is 50.8 Å². The fraction of sp³-hybridized carbons (Fsp3) is 0.458. The molecule has 12 heteroatoms. The van der Waals surface area contributed by atoms with E-state index in [0.717, 1.165) is 46.1 Å². The molecule has 0 saturated carbocycles. The number of aromatic nitrogens is 2. The van der Waals surface area contributed by atoms with Crippen LogP contribution < -0.4 is 10.2 Å². The number of hydrogen-bond acceptors (Lipinski definition) is 9. The summed E-state index contributed by atoms with van der Waals surface area (Å²) in [6, 6.07) is 9.47. The first kappa shape index (κ1) is 25.0. The van der Waals surface area contributed by atoms with Crippen LogP contribution in [-0.2, 0) is 21.3 Å². The number of rotatable bonds is 6. The van der Waals surface area contributed by atoms with Crippen molar-refractivity contribution in [3.63, 3.8) is 0 Å². The van der Waals surface area contributed by atoms with Crippen LogP contribution in [0.3, 0.4) is 0 Å². The average Bonchev–Trinajstić information content (AvgIpc) is 3.30. The zero-order valence-corrected chi connectivity index (χ0v) is 22.1. The minimum Gasteiger partial charge on any atom is -0.378 e. The van der Waals surface area contributed by atoms with Crippen LogP contribution >= 0.6 is 11.3 Å². The van der Waals surface area contributed by atoms with Crippen molar-refractivity contribution in [1.29, 1.82) is 0 Å². The first-order valence-corrected chi connectivity index (χ1v) is 14.6. The number of hydrogen-bond donors (Lipinski definition) is 1. The lowest BCUT2D eigenvalue weighted by Gasteiger charge is -2.32. The first-order valence-electron chi connectivity index (χ1n) is 11.9. The molecule has 0 spiro atoms. The number of amides is 1. The molecule has 1 aromatic carbocycles. The van der Waals surface area contributed by atoms with Crippen LogP contribution in [0.25, 0.3) is 21.6 Å². The third-order valence-corrected chi connectivity index (χ3v) is 8.91. The number of nitrogens with zero attached hydrogens (tertiary/aromatic N) is 5. The minimum atomic E-state index is -3.15. The Morgan fingerprint density at radius 1 is 1.08 bits per heavy atom. The van der Waals surface area contributed by atoms with Crippen LogP contribution in [0.2, 0.25) is 0 Å². The van der Waals surface area contributed by atoms with E-state index in [9.17, 15) is 13.2 Å². The van der Waals surface area contributed by atoms with Crippen LogP contribution in [0.4, 0.5) is 5.82 Å². The quantitative estimate of drug-likeness (QED) is 0.513. The lowest BCUT2D eigenvalue weighted by molar-refractivity contribution is 0.0963. The maximum Gasteiger partial charge on any atom is 0.251 e.